The van der Waals surface area contributed by atoms with Gasteiger partial charge in [-0.2, -0.15) is 0 Å². The van der Waals surface area contributed by atoms with Crippen LogP contribution < -0.4 is 11.2 Å². The molecule has 1 aliphatic rings. The highest BCUT2D eigenvalue weighted by atomic mass is 16.7. The molecule has 7 nitrogen and oxygen atoms in total. The van der Waals surface area contributed by atoms with Crippen molar-refractivity contribution < 1.29 is 20.1 Å². The predicted molar refractivity (Wildman–Crippen MR) is 38.3 cm³/mol. The van der Waals surface area contributed by atoms with E-state index in [1.807, 2.05) is 0 Å². The van der Waals surface area contributed by atoms with Gasteiger partial charge in [-0.3, -0.25) is 4.79 Å². The molecule has 1 saturated heterocycles. The van der Waals surface area contributed by atoms with Crippen LogP contribution in [0.1, 0.15) is 12.8 Å². The Balaban J connectivity index is 0.000000261. The van der Waals surface area contributed by atoms with Crippen LogP contribution in [0.15, 0.2) is 0 Å². The molecule has 0 aromatic rings. The van der Waals surface area contributed by atoms with Crippen LogP contribution in [0.5, 0.6) is 0 Å². The summed E-state index contributed by atoms with van der Waals surface area (Å²) in [7, 11) is 0. The van der Waals surface area contributed by atoms with Crippen molar-refractivity contribution in [3.8, 4) is 0 Å². The number of rotatable bonds is 1. The molecular weight excluding hydrogens is 166 g/mol. The highest BCUT2D eigenvalue weighted by molar-refractivity contribution is 5.73. The smallest absolute Gasteiger partial charge is 0.352 e. The zero-order valence-corrected chi connectivity index (χ0v) is 6.43. The Labute approximate surface area is 68.7 Å². The van der Waals surface area contributed by atoms with Crippen molar-refractivity contribution in [1.82, 2.24) is 5.32 Å². The Morgan fingerprint density at radius 1 is 1.67 bits per heavy atom. The van der Waals surface area contributed by atoms with Crippen molar-refractivity contribution in [3.05, 3.63) is 4.91 Å². The third-order valence-corrected chi connectivity index (χ3v) is 1.36. The molecular formula is C5H12N3O4+. The maximum Gasteiger partial charge on any atom is 0.352 e. The van der Waals surface area contributed by atoms with E-state index in [4.69, 9.17) is 15.2 Å². The lowest BCUT2D eigenvalue weighted by molar-refractivity contribution is -0.801. The number of hydrogen-bond acceptors (Lipinski definition) is 3. The molecule has 1 fully saturated rings. The minimum Gasteiger partial charge on any atom is -0.480 e. The van der Waals surface area contributed by atoms with E-state index in [9.17, 15) is 4.79 Å². The number of hydrogen-bond donors (Lipinski definition) is 4. The van der Waals surface area contributed by atoms with Crippen molar-refractivity contribution in [2.45, 2.75) is 18.9 Å². The van der Waals surface area contributed by atoms with E-state index in [1.54, 1.807) is 0 Å². The molecule has 5 N–H and O–H groups in total. The highest BCUT2D eigenvalue weighted by Crippen LogP contribution is 2.03. The van der Waals surface area contributed by atoms with Crippen LogP contribution >= 0.6 is 0 Å². The van der Waals surface area contributed by atoms with Gasteiger partial charge in [0, 0.05) is 0 Å². The number of nitrogens with one attached hydrogen (secondary N) is 1. The zero-order chi connectivity index (χ0) is 9.56. The first-order valence-electron chi connectivity index (χ1n) is 3.41. The molecule has 1 unspecified atom stereocenters. The summed E-state index contributed by atoms with van der Waals surface area (Å²) >= 11 is 0. The average Bonchev–Trinajstić information content (AvgIpc) is 2.34. The van der Waals surface area contributed by atoms with Gasteiger partial charge in [0.25, 0.3) is 0 Å². The summed E-state index contributed by atoms with van der Waals surface area (Å²) < 4.78 is 0. The molecule has 1 aliphatic heterocycles. The summed E-state index contributed by atoms with van der Waals surface area (Å²) in [6.45, 7) is 0.858. The third kappa shape index (κ3) is 5.42. The van der Waals surface area contributed by atoms with E-state index < -0.39 is 11.0 Å². The van der Waals surface area contributed by atoms with Gasteiger partial charge in [-0.15, -0.1) is 5.84 Å². The summed E-state index contributed by atoms with van der Waals surface area (Å²) in [4.78, 5) is 18.8. The van der Waals surface area contributed by atoms with E-state index >= 15 is 0 Å². The van der Waals surface area contributed by atoms with E-state index in [1.165, 1.54) is 0 Å². The maximum atomic E-state index is 10.1. The first-order chi connectivity index (χ1) is 5.54. The van der Waals surface area contributed by atoms with Gasteiger partial charge in [0.2, 0.25) is 0 Å². The molecule has 0 aromatic heterocycles. The minimum atomic E-state index is -0.750. The van der Waals surface area contributed by atoms with Crippen LogP contribution in [0, 0.1) is 4.91 Å². The largest absolute Gasteiger partial charge is 0.480 e. The molecule has 1 rings (SSSR count). The Morgan fingerprint density at radius 2 is 2.17 bits per heavy atom. The van der Waals surface area contributed by atoms with Crippen molar-refractivity contribution >= 4 is 5.97 Å². The monoisotopic (exact) mass is 178 g/mol. The lowest BCUT2D eigenvalue weighted by atomic mass is 10.2. The number of carboxylic acids is 1. The Bertz CT molecular complexity index is 162. The first kappa shape index (κ1) is 10.6. The van der Waals surface area contributed by atoms with Gasteiger partial charge in [-0.05, 0) is 19.4 Å². The molecule has 0 bridgehead atoms. The zero-order valence-electron chi connectivity index (χ0n) is 6.43. The van der Waals surface area contributed by atoms with Crippen LogP contribution in [0.25, 0.3) is 0 Å². The molecule has 1 heterocycles. The van der Waals surface area contributed by atoms with Gasteiger partial charge >= 0.3 is 11.0 Å². The SMILES string of the molecule is N[N+](=O)O.O=C(O)C1CCCN1. The quantitative estimate of drug-likeness (QED) is 0.297. The number of nitrogens with two attached hydrogens (primary N) is 1. The second-order valence-corrected chi connectivity index (χ2v) is 2.29. The fraction of sp³-hybridized carbons (Fsp3) is 0.800. The molecule has 1 atom stereocenters. The van der Waals surface area contributed by atoms with Crippen LogP contribution in [0.3, 0.4) is 0 Å². The topological polar surface area (TPSA) is 116 Å². The second kappa shape index (κ2) is 5.30. The number of carbonyl (C=O) groups is 1. The van der Waals surface area contributed by atoms with Gasteiger partial charge < -0.3 is 10.4 Å². The molecule has 0 radical (unpaired) electrons. The van der Waals surface area contributed by atoms with Crippen molar-refractivity contribution in [3.63, 3.8) is 0 Å². The first-order valence-corrected chi connectivity index (χ1v) is 3.41. The van der Waals surface area contributed by atoms with Crippen molar-refractivity contribution in [2.24, 2.45) is 5.84 Å². The highest BCUT2D eigenvalue weighted by Gasteiger charge is 2.20. The predicted octanol–water partition coefficient (Wildman–Crippen LogP) is -1.15. The van der Waals surface area contributed by atoms with Crippen LogP contribution in [0.4, 0.5) is 0 Å². The Kier molecular flexibility index (Phi) is 4.70. The van der Waals surface area contributed by atoms with Gasteiger partial charge in [0.05, 0.1) is 0 Å². The van der Waals surface area contributed by atoms with E-state index in [0.717, 1.165) is 19.4 Å². The average molecular weight is 178 g/mol. The van der Waals surface area contributed by atoms with Gasteiger partial charge in [-0.1, -0.05) is 0 Å². The number of hydrazine groups is 1. The van der Waals surface area contributed by atoms with E-state index in [0.29, 0.717) is 0 Å². The molecule has 0 aromatic carbocycles. The molecule has 12 heavy (non-hydrogen) atoms. The number of aliphatic carboxylic acids is 1. The summed E-state index contributed by atoms with van der Waals surface area (Å²) in [5, 5.41) is 17.6. The van der Waals surface area contributed by atoms with Crippen LogP contribution in [0.2, 0.25) is 0 Å². The standard InChI is InChI=1S/C5H9NO2.H3N2O2/c7-5(8)4-2-1-3-6-4;1-2(3)4/h4,6H,1-3H2,(H,7,8);1H2,(H,3,4)/q;+1. The number of nitrogens with zero attached hydrogens (tertiary/aromatic N) is 1. The second-order valence-electron chi connectivity index (χ2n) is 2.29. The third-order valence-electron chi connectivity index (χ3n) is 1.36. The summed E-state index contributed by atoms with van der Waals surface area (Å²) in [5.74, 6) is 3.22. The van der Waals surface area contributed by atoms with Gasteiger partial charge in [-0.25, -0.2) is 5.21 Å². The molecule has 0 aliphatic carbocycles. The Hall–Kier alpha value is -1.37. The number of carboxylic acid groups (broad SMARTS) is 1. The molecule has 70 valence electrons. The maximum absolute atomic E-state index is 10.1. The fourth-order valence-electron chi connectivity index (χ4n) is 0.895. The summed E-state index contributed by atoms with van der Waals surface area (Å²) in [6, 6.07) is -0.269. The van der Waals surface area contributed by atoms with Gasteiger partial charge in [0.15, 0.2) is 0 Å². The van der Waals surface area contributed by atoms with Crippen LogP contribution in [-0.2, 0) is 4.79 Å². The minimum absolute atomic E-state index is 0.269. The molecule has 7 heteroatoms. The molecule has 0 spiro atoms. The summed E-state index contributed by atoms with van der Waals surface area (Å²) in [5.41, 5.74) is 0. The lowest BCUT2D eigenvalue weighted by Gasteiger charge is -1.99. The molecule has 0 saturated carbocycles. The van der Waals surface area contributed by atoms with Crippen LogP contribution in [-0.4, -0.2) is 33.9 Å². The normalized spacial score (nSPS) is 20.8. The molecule has 0 amide bonds. The van der Waals surface area contributed by atoms with Crippen molar-refractivity contribution in [2.75, 3.05) is 6.54 Å². The lowest BCUT2D eigenvalue weighted by Crippen LogP contribution is -2.29. The van der Waals surface area contributed by atoms with E-state index in [-0.39, 0.29) is 6.04 Å². The summed E-state index contributed by atoms with van der Waals surface area (Å²) in [6.07, 6.45) is 1.78. The van der Waals surface area contributed by atoms with E-state index in [2.05, 4.69) is 11.2 Å². The van der Waals surface area contributed by atoms with Crippen molar-refractivity contribution in [1.29, 1.82) is 0 Å². The fourth-order valence-corrected chi connectivity index (χ4v) is 0.895. The Morgan fingerprint density at radius 3 is 2.33 bits per heavy atom. The van der Waals surface area contributed by atoms with Gasteiger partial charge in [0.1, 0.15) is 10.9 Å².